The first kappa shape index (κ1) is 13.2. The number of hydrogen-bond donors (Lipinski definition) is 0. The van der Waals surface area contributed by atoms with Crippen molar-refractivity contribution in [3.63, 3.8) is 0 Å². The summed E-state index contributed by atoms with van der Waals surface area (Å²) in [5.74, 6) is 0. The van der Waals surface area contributed by atoms with Crippen LogP contribution in [0.15, 0.2) is 72.1 Å². The maximum Gasteiger partial charge on any atom is 0.0844 e. The van der Waals surface area contributed by atoms with E-state index in [1.165, 1.54) is 27.0 Å². The Morgan fingerprint density at radius 2 is 1.59 bits per heavy atom. The van der Waals surface area contributed by atoms with Gasteiger partial charge in [0.05, 0.1) is 16.1 Å². The molecule has 0 atom stereocenters. The molecule has 2 aromatic heterocycles. The third-order valence-electron chi connectivity index (χ3n) is 3.95. The molecule has 106 valence electrons. The number of para-hydroxylation sites is 1. The van der Waals surface area contributed by atoms with Gasteiger partial charge in [0, 0.05) is 5.39 Å². The molecule has 4 rings (SSSR count). The molecular weight excluding hydrogens is 286 g/mol. The van der Waals surface area contributed by atoms with Crippen molar-refractivity contribution in [1.29, 1.82) is 0 Å². The lowest BCUT2D eigenvalue weighted by Gasteiger charge is -2.14. The average Bonchev–Trinajstić information content (AvgIpc) is 3.09. The predicted molar refractivity (Wildman–Crippen MR) is 95.2 cm³/mol. The van der Waals surface area contributed by atoms with Crippen molar-refractivity contribution < 1.29 is 0 Å². The lowest BCUT2D eigenvalue weighted by Crippen LogP contribution is -1.94. The van der Waals surface area contributed by atoms with Crippen LogP contribution in [-0.2, 0) is 0 Å². The maximum absolute atomic E-state index is 4.91. The van der Waals surface area contributed by atoms with Gasteiger partial charge in [-0.3, -0.25) is 0 Å². The van der Waals surface area contributed by atoms with E-state index in [1.54, 1.807) is 11.3 Å². The van der Waals surface area contributed by atoms with Crippen LogP contribution in [-0.4, -0.2) is 4.98 Å². The minimum Gasteiger partial charge on any atom is -0.247 e. The molecule has 0 aliphatic heterocycles. The second kappa shape index (κ2) is 5.39. The number of nitrogens with zero attached hydrogens (tertiary/aromatic N) is 1. The van der Waals surface area contributed by atoms with Gasteiger partial charge in [0.1, 0.15) is 0 Å². The van der Waals surface area contributed by atoms with Gasteiger partial charge in [-0.05, 0) is 41.1 Å². The Morgan fingerprint density at radius 1 is 0.818 bits per heavy atom. The van der Waals surface area contributed by atoms with E-state index in [-0.39, 0.29) is 0 Å². The normalized spacial score (nSPS) is 11.0. The van der Waals surface area contributed by atoms with Crippen molar-refractivity contribution in [1.82, 2.24) is 4.98 Å². The molecule has 1 nitrogen and oxygen atoms in total. The van der Waals surface area contributed by atoms with E-state index in [0.717, 1.165) is 11.2 Å². The summed E-state index contributed by atoms with van der Waals surface area (Å²) < 4.78 is 0. The molecule has 0 radical (unpaired) electrons. The minimum atomic E-state index is 1.05. The number of thiophene rings is 1. The summed E-state index contributed by atoms with van der Waals surface area (Å²) in [6, 6.07) is 23.2. The number of pyridine rings is 1. The second-order valence-corrected chi connectivity index (χ2v) is 6.27. The van der Waals surface area contributed by atoms with Crippen LogP contribution in [0.1, 0.15) is 5.56 Å². The zero-order valence-electron chi connectivity index (χ0n) is 12.3. The van der Waals surface area contributed by atoms with Crippen molar-refractivity contribution in [2.45, 2.75) is 6.92 Å². The van der Waals surface area contributed by atoms with Gasteiger partial charge in [0.2, 0.25) is 0 Å². The Hall–Kier alpha value is -2.45. The van der Waals surface area contributed by atoms with Gasteiger partial charge in [-0.25, -0.2) is 4.98 Å². The lowest BCUT2D eigenvalue weighted by molar-refractivity contribution is 1.34. The van der Waals surface area contributed by atoms with Crippen LogP contribution in [0, 0.1) is 6.92 Å². The summed E-state index contributed by atoms with van der Waals surface area (Å²) in [7, 11) is 0. The van der Waals surface area contributed by atoms with Gasteiger partial charge in [-0.2, -0.15) is 0 Å². The molecule has 0 spiro atoms. The monoisotopic (exact) mass is 301 g/mol. The topological polar surface area (TPSA) is 12.9 Å². The summed E-state index contributed by atoms with van der Waals surface area (Å²) in [5.41, 5.74) is 5.92. The highest BCUT2D eigenvalue weighted by Crippen LogP contribution is 2.37. The molecule has 2 heterocycles. The molecule has 0 aliphatic rings. The van der Waals surface area contributed by atoms with Crippen molar-refractivity contribution >= 4 is 22.2 Å². The summed E-state index contributed by atoms with van der Waals surface area (Å²) >= 11 is 1.74. The first-order valence-electron chi connectivity index (χ1n) is 7.33. The van der Waals surface area contributed by atoms with Crippen LogP contribution in [0.5, 0.6) is 0 Å². The highest BCUT2D eigenvalue weighted by molar-refractivity contribution is 7.13. The van der Waals surface area contributed by atoms with E-state index in [4.69, 9.17) is 4.98 Å². The number of aromatic nitrogens is 1. The van der Waals surface area contributed by atoms with Crippen molar-refractivity contribution in [3.05, 3.63) is 77.7 Å². The fraction of sp³-hybridized carbons (Fsp3) is 0.0500. The quantitative estimate of drug-likeness (QED) is 0.446. The molecule has 0 saturated heterocycles. The molecule has 2 aromatic carbocycles. The summed E-state index contributed by atoms with van der Waals surface area (Å²) in [6.45, 7) is 2.18. The van der Waals surface area contributed by atoms with Gasteiger partial charge < -0.3 is 0 Å². The highest BCUT2D eigenvalue weighted by Gasteiger charge is 2.14. The van der Waals surface area contributed by atoms with E-state index in [0.29, 0.717) is 0 Å². The Balaban J connectivity index is 2.11. The fourth-order valence-corrected chi connectivity index (χ4v) is 3.71. The minimum absolute atomic E-state index is 1.05. The van der Waals surface area contributed by atoms with Crippen LogP contribution in [0.25, 0.3) is 32.6 Å². The molecular formula is C20H15NS. The number of hydrogen-bond acceptors (Lipinski definition) is 2. The Labute approximate surface area is 133 Å². The molecule has 0 N–H and O–H groups in total. The van der Waals surface area contributed by atoms with Crippen LogP contribution >= 0.6 is 11.3 Å². The molecule has 2 heteroatoms. The summed E-state index contributed by atoms with van der Waals surface area (Å²) in [5, 5.41) is 3.32. The Bertz CT molecular complexity index is 925. The van der Waals surface area contributed by atoms with E-state index in [2.05, 4.69) is 79.0 Å². The highest BCUT2D eigenvalue weighted by atomic mass is 32.1. The Kier molecular flexibility index (Phi) is 3.24. The largest absolute Gasteiger partial charge is 0.247 e. The Morgan fingerprint density at radius 3 is 2.36 bits per heavy atom. The average molecular weight is 301 g/mol. The van der Waals surface area contributed by atoms with E-state index in [1.807, 2.05) is 0 Å². The molecule has 22 heavy (non-hydrogen) atoms. The van der Waals surface area contributed by atoms with E-state index in [9.17, 15) is 0 Å². The zero-order chi connectivity index (χ0) is 14.9. The summed E-state index contributed by atoms with van der Waals surface area (Å²) in [4.78, 5) is 6.14. The first-order chi connectivity index (χ1) is 10.8. The van der Waals surface area contributed by atoms with Gasteiger partial charge >= 0.3 is 0 Å². The molecule has 0 saturated carbocycles. The maximum atomic E-state index is 4.91. The molecule has 0 amide bonds. The molecule has 0 aliphatic carbocycles. The van der Waals surface area contributed by atoms with E-state index >= 15 is 0 Å². The fourth-order valence-electron chi connectivity index (χ4n) is 2.94. The van der Waals surface area contributed by atoms with Crippen molar-refractivity contribution in [3.8, 4) is 21.7 Å². The molecule has 0 fully saturated rings. The first-order valence-corrected chi connectivity index (χ1v) is 8.21. The number of fused-ring (bicyclic) bond motifs is 1. The van der Waals surface area contributed by atoms with Crippen LogP contribution in [0.3, 0.4) is 0 Å². The molecule has 0 unspecified atom stereocenters. The second-order valence-electron chi connectivity index (χ2n) is 5.32. The van der Waals surface area contributed by atoms with Gasteiger partial charge in [0.25, 0.3) is 0 Å². The van der Waals surface area contributed by atoms with Crippen LogP contribution in [0.2, 0.25) is 0 Å². The zero-order valence-corrected chi connectivity index (χ0v) is 13.1. The van der Waals surface area contributed by atoms with Gasteiger partial charge in [-0.15, -0.1) is 11.3 Å². The standard InChI is InChI=1S/C20H15NS/c1-14-19(15-8-3-2-4-9-15)16-10-5-6-11-17(16)21-20(14)18-12-7-13-22-18/h2-13H,1H3. The smallest absolute Gasteiger partial charge is 0.0844 e. The van der Waals surface area contributed by atoms with Crippen molar-refractivity contribution in [2.24, 2.45) is 0 Å². The predicted octanol–water partition coefficient (Wildman–Crippen LogP) is 5.94. The van der Waals surface area contributed by atoms with Crippen LogP contribution in [0.4, 0.5) is 0 Å². The summed E-state index contributed by atoms with van der Waals surface area (Å²) in [6.07, 6.45) is 0. The number of rotatable bonds is 2. The molecule has 4 aromatic rings. The third kappa shape index (κ3) is 2.13. The third-order valence-corrected chi connectivity index (χ3v) is 4.83. The van der Waals surface area contributed by atoms with Gasteiger partial charge in [0.15, 0.2) is 0 Å². The van der Waals surface area contributed by atoms with Crippen LogP contribution < -0.4 is 0 Å². The SMILES string of the molecule is Cc1c(-c2cccs2)nc2ccccc2c1-c1ccccc1. The number of benzene rings is 2. The molecule has 0 bridgehead atoms. The lowest BCUT2D eigenvalue weighted by atomic mass is 9.94. The van der Waals surface area contributed by atoms with E-state index < -0.39 is 0 Å². The van der Waals surface area contributed by atoms with Crippen molar-refractivity contribution in [2.75, 3.05) is 0 Å². The van der Waals surface area contributed by atoms with Gasteiger partial charge in [-0.1, -0.05) is 54.6 Å².